The summed E-state index contributed by atoms with van der Waals surface area (Å²) < 4.78 is 0. The lowest BCUT2D eigenvalue weighted by molar-refractivity contribution is 1.03. The Morgan fingerprint density at radius 2 is 2.25 bits per heavy atom. The molecule has 4 heteroatoms. The predicted molar refractivity (Wildman–Crippen MR) is 64.3 cm³/mol. The number of nitrogens with one attached hydrogen (secondary N) is 2. The van der Waals surface area contributed by atoms with E-state index in [4.69, 9.17) is 0 Å². The Morgan fingerprint density at radius 3 is 2.94 bits per heavy atom. The van der Waals surface area contributed by atoms with E-state index in [1.165, 1.54) is 5.56 Å². The highest BCUT2D eigenvalue weighted by Gasteiger charge is 2.01. The number of anilines is 1. The van der Waals surface area contributed by atoms with Crippen LogP contribution >= 0.6 is 0 Å². The Morgan fingerprint density at radius 1 is 1.38 bits per heavy atom. The van der Waals surface area contributed by atoms with Crippen LogP contribution in [0.25, 0.3) is 0 Å². The summed E-state index contributed by atoms with van der Waals surface area (Å²) in [7, 11) is 0. The zero-order valence-electron chi connectivity index (χ0n) is 9.62. The lowest BCUT2D eigenvalue weighted by Gasteiger charge is -2.08. The monoisotopic (exact) mass is 216 g/mol. The minimum atomic E-state index is 0.750. The van der Waals surface area contributed by atoms with Gasteiger partial charge in [-0.25, -0.2) is 4.98 Å². The molecule has 0 amide bonds. The van der Waals surface area contributed by atoms with E-state index in [1.54, 1.807) is 0 Å². The summed E-state index contributed by atoms with van der Waals surface area (Å²) in [6, 6.07) is 2.04. The highest BCUT2D eigenvalue weighted by molar-refractivity contribution is 5.48. The number of aryl methyl sites for hydroxylation is 2. The second-order valence-corrected chi connectivity index (χ2v) is 3.73. The number of aromatic nitrogens is 3. The molecule has 0 atom stereocenters. The summed E-state index contributed by atoms with van der Waals surface area (Å²) >= 11 is 0. The summed E-state index contributed by atoms with van der Waals surface area (Å²) in [5, 5.41) is 3.36. The minimum Gasteiger partial charge on any atom is -0.378 e. The zero-order valence-corrected chi connectivity index (χ0v) is 9.62. The summed E-state index contributed by atoms with van der Waals surface area (Å²) in [6.45, 7) is 4.84. The van der Waals surface area contributed by atoms with Crippen molar-refractivity contribution in [3.05, 3.63) is 41.7 Å². The van der Waals surface area contributed by atoms with Crippen molar-refractivity contribution in [2.24, 2.45) is 0 Å². The molecule has 2 N–H and O–H groups in total. The van der Waals surface area contributed by atoms with Gasteiger partial charge in [0.1, 0.15) is 5.82 Å². The van der Waals surface area contributed by atoms with Gasteiger partial charge in [-0.1, -0.05) is 6.92 Å². The summed E-state index contributed by atoms with van der Waals surface area (Å²) in [5.74, 6) is 0.943. The van der Waals surface area contributed by atoms with Gasteiger partial charge in [0.05, 0.1) is 30.3 Å². The second kappa shape index (κ2) is 4.79. The third kappa shape index (κ3) is 2.39. The molecular formula is C12H16N4. The lowest BCUT2D eigenvalue weighted by atomic mass is 10.2. The number of H-pyrrole nitrogens is 1. The van der Waals surface area contributed by atoms with Gasteiger partial charge in [-0.3, -0.25) is 4.98 Å². The van der Waals surface area contributed by atoms with Crippen LogP contribution in [-0.2, 0) is 13.0 Å². The molecule has 2 rings (SSSR count). The van der Waals surface area contributed by atoms with Crippen molar-refractivity contribution in [2.75, 3.05) is 5.32 Å². The third-order valence-corrected chi connectivity index (χ3v) is 2.52. The first kappa shape index (κ1) is 10.7. The molecule has 0 saturated carbocycles. The van der Waals surface area contributed by atoms with Gasteiger partial charge in [-0.15, -0.1) is 0 Å². The molecule has 0 aliphatic rings. The maximum atomic E-state index is 4.16. The highest BCUT2D eigenvalue weighted by Crippen LogP contribution is 2.14. The molecule has 4 nitrogen and oxygen atoms in total. The molecule has 0 unspecified atom stereocenters. The van der Waals surface area contributed by atoms with Gasteiger partial charge < -0.3 is 10.3 Å². The fourth-order valence-corrected chi connectivity index (χ4v) is 1.64. The topological polar surface area (TPSA) is 53.6 Å². The van der Waals surface area contributed by atoms with Gasteiger partial charge >= 0.3 is 0 Å². The van der Waals surface area contributed by atoms with Crippen LogP contribution in [-0.4, -0.2) is 15.0 Å². The van der Waals surface area contributed by atoms with Crippen LogP contribution in [0.4, 0.5) is 5.69 Å². The molecule has 0 aromatic carbocycles. The average molecular weight is 216 g/mol. The Bertz CT molecular complexity index is 462. The highest BCUT2D eigenvalue weighted by atomic mass is 15.0. The first-order valence-electron chi connectivity index (χ1n) is 5.47. The molecule has 0 aliphatic carbocycles. The van der Waals surface area contributed by atoms with E-state index >= 15 is 0 Å². The van der Waals surface area contributed by atoms with Gasteiger partial charge in [0.25, 0.3) is 0 Å². The fourth-order valence-electron chi connectivity index (χ4n) is 1.64. The molecular weight excluding hydrogens is 200 g/mol. The number of pyridine rings is 1. The maximum absolute atomic E-state index is 4.16. The minimum absolute atomic E-state index is 0.750. The van der Waals surface area contributed by atoms with Crippen molar-refractivity contribution in [3.8, 4) is 0 Å². The van der Waals surface area contributed by atoms with E-state index in [2.05, 4.69) is 27.2 Å². The molecule has 2 heterocycles. The molecule has 2 aromatic heterocycles. The molecule has 0 bridgehead atoms. The zero-order chi connectivity index (χ0) is 11.4. The maximum Gasteiger partial charge on any atom is 0.103 e. The van der Waals surface area contributed by atoms with Crippen LogP contribution in [0.3, 0.4) is 0 Å². The van der Waals surface area contributed by atoms with Crippen molar-refractivity contribution in [2.45, 2.75) is 26.8 Å². The Labute approximate surface area is 95.1 Å². The average Bonchev–Trinajstić information content (AvgIpc) is 2.73. The number of nitrogens with zero attached hydrogens (tertiary/aromatic N) is 2. The summed E-state index contributed by atoms with van der Waals surface area (Å²) in [6.07, 6.45) is 6.55. The summed E-state index contributed by atoms with van der Waals surface area (Å²) in [4.78, 5) is 11.5. The van der Waals surface area contributed by atoms with E-state index in [1.807, 2.05) is 31.6 Å². The molecule has 0 saturated heterocycles. The van der Waals surface area contributed by atoms with E-state index in [-0.39, 0.29) is 0 Å². The van der Waals surface area contributed by atoms with Crippen molar-refractivity contribution in [1.82, 2.24) is 15.0 Å². The van der Waals surface area contributed by atoms with Crippen LogP contribution < -0.4 is 5.32 Å². The standard InChI is InChI=1S/C12H16N4/c1-3-10-4-5-13-8-12(10)15-7-11-6-14-9(2)16-11/h4-6,8,15H,3,7H2,1-2H3,(H,14,16). The van der Waals surface area contributed by atoms with Crippen LogP contribution in [0.15, 0.2) is 24.7 Å². The van der Waals surface area contributed by atoms with E-state index in [0.29, 0.717) is 0 Å². The van der Waals surface area contributed by atoms with Gasteiger partial charge in [0.15, 0.2) is 0 Å². The molecule has 0 radical (unpaired) electrons. The Hall–Kier alpha value is -1.84. The van der Waals surface area contributed by atoms with E-state index in [0.717, 1.165) is 30.2 Å². The molecule has 0 aliphatic heterocycles. The smallest absolute Gasteiger partial charge is 0.103 e. The third-order valence-electron chi connectivity index (χ3n) is 2.52. The Balaban J connectivity index is 2.04. The van der Waals surface area contributed by atoms with Crippen molar-refractivity contribution in [1.29, 1.82) is 0 Å². The lowest BCUT2D eigenvalue weighted by Crippen LogP contribution is -2.02. The number of hydrogen-bond donors (Lipinski definition) is 2. The molecule has 0 spiro atoms. The normalized spacial score (nSPS) is 10.4. The van der Waals surface area contributed by atoms with Crippen LogP contribution in [0.2, 0.25) is 0 Å². The summed E-state index contributed by atoms with van der Waals surface area (Å²) in [5.41, 5.74) is 3.46. The number of hydrogen-bond acceptors (Lipinski definition) is 3. The van der Waals surface area contributed by atoms with Gasteiger partial charge in [0, 0.05) is 6.20 Å². The van der Waals surface area contributed by atoms with Crippen LogP contribution in [0, 0.1) is 6.92 Å². The van der Waals surface area contributed by atoms with Gasteiger partial charge in [-0.05, 0) is 25.0 Å². The van der Waals surface area contributed by atoms with Crippen LogP contribution in [0.1, 0.15) is 24.0 Å². The predicted octanol–water partition coefficient (Wildman–Crippen LogP) is 2.29. The molecule has 84 valence electrons. The second-order valence-electron chi connectivity index (χ2n) is 3.73. The number of imidazole rings is 1. The quantitative estimate of drug-likeness (QED) is 0.824. The molecule has 16 heavy (non-hydrogen) atoms. The Kier molecular flexibility index (Phi) is 3.19. The van der Waals surface area contributed by atoms with Crippen molar-refractivity contribution in [3.63, 3.8) is 0 Å². The molecule has 0 fully saturated rings. The number of aromatic amines is 1. The largest absolute Gasteiger partial charge is 0.378 e. The van der Waals surface area contributed by atoms with Crippen molar-refractivity contribution < 1.29 is 0 Å². The van der Waals surface area contributed by atoms with Gasteiger partial charge in [0.2, 0.25) is 0 Å². The SMILES string of the molecule is CCc1ccncc1NCc1cnc(C)[nH]1. The van der Waals surface area contributed by atoms with E-state index < -0.39 is 0 Å². The number of rotatable bonds is 4. The first-order valence-corrected chi connectivity index (χ1v) is 5.47. The van der Waals surface area contributed by atoms with E-state index in [9.17, 15) is 0 Å². The fraction of sp³-hybridized carbons (Fsp3) is 0.333. The van der Waals surface area contributed by atoms with Crippen molar-refractivity contribution >= 4 is 5.69 Å². The first-order chi connectivity index (χ1) is 7.79. The molecule has 2 aromatic rings. The van der Waals surface area contributed by atoms with Gasteiger partial charge in [-0.2, -0.15) is 0 Å². The van der Waals surface area contributed by atoms with Crippen LogP contribution in [0.5, 0.6) is 0 Å².